The van der Waals surface area contributed by atoms with Crippen LogP contribution in [0.3, 0.4) is 0 Å². The number of aliphatic hydroxyl groups excluding tert-OH is 1. The largest absolute Gasteiger partial charge is 0.388 e. The van der Waals surface area contributed by atoms with Gasteiger partial charge in [0.1, 0.15) is 0 Å². The second kappa shape index (κ2) is 8.30. The summed E-state index contributed by atoms with van der Waals surface area (Å²) in [4.78, 5) is 12.0. The molecule has 1 saturated heterocycles. The van der Waals surface area contributed by atoms with Crippen LogP contribution in [0.2, 0.25) is 0 Å². The normalized spacial score (nSPS) is 23.3. The van der Waals surface area contributed by atoms with Gasteiger partial charge in [0, 0.05) is 19.1 Å². The Hall–Kier alpha value is -1.39. The van der Waals surface area contributed by atoms with Gasteiger partial charge < -0.3 is 15.2 Å². The molecule has 3 unspecified atom stereocenters. The Bertz CT molecular complexity index is 461. The quantitative estimate of drug-likeness (QED) is 0.849. The second-order valence-electron chi connectivity index (χ2n) is 6.42. The van der Waals surface area contributed by atoms with Crippen molar-refractivity contribution < 1.29 is 14.6 Å². The van der Waals surface area contributed by atoms with Crippen molar-refractivity contribution in [1.82, 2.24) is 5.32 Å². The van der Waals surface area contributed by atoms with E-state index in [4.69, 9.17) is 4.74 Å². The fraction of sp³-hybridized carbons (Fsp3) is 0.611. The monoisotopic (exact) mass is 305 g/mol. The molecule has 3 atom stereocenters. The predicted octanol–water partition coefficient (Wildman–Crippen LogP) is 2.68. The summed E-state index contributed by atoms with van der Waals surface area (Å²) >= 11 is 0. The van der Waals surface area contributed by atoms with Gasteiger partial charge in [0.2, 0.25) is 5.91 Å². The molecule has 1 aromatic rings. The van der Waals surface area contributed by atoms with Gasteiger partial charge >= 0.3 is 0 Å². The summed E-state index contributed by atoms with van der Waals surface area (Å²) in [5.41, 5.74) is 0.777. The maximum absolute atomic E-state index is 12.0. The SMILES string of the molecule is CC(C)C1OCCCC1CNC(=O)CC(O)c1ccccc1. The molecule has 1 amide bonds. The van der Waals surface area contributed by atoms with E-state index < -0.39 is 6.10 Å². The van der Waals surface area contributed by atoms with Crippen molar-refractivity contribution in [2.45, 2.75) is 45.3 Å². The molecule has 1 fully saturated rings. The van der Waals surface area contributed by atoms with E-state index in [2.05, 4.69) is 19.2 Å². The minimum absolute atomic E-state index is 0.101. The van der Waals surface area contributed by atoms with Crippen LogP contribution < -0.4 is 5.32 Å². The van der Waals surface area contributed by atoms with Crippen molar-refractivity contribution >= 4 is 5.91 Å². The van der Waals surface area contributed by atoms with Crippen LogP contribution in [0.5, 0.6) is 0 Å². The highest BCUT2D eigenvalue weighted by Crippen LogP contribution is 2.25. The van der Waals surface area contributed by atoms with Gasteiger partial charge in [0.15, 0.2) is 0 Å². The van der Waals surface area contributed by atoms with E-state index in [1.54, 1.807) is 0 Å². The van der Waals surface area contributed by atoms with Crippen molar-refractivity contribution in [2.24, 2.45) is 11.8 Å². The Morgan fingerprint density at radius 2 is 2.09 bits per heavy atom. The van der Waals surface area contributed by atoms with Gasteiger partial charge in [-0.2, -0.15) is 0 Å². The number of aliphatic hydroxyl groups is 1. The molecular formula is C18H27NO3. The van der Waals surface area contributed by atoms with E-state index in [1.165, 1.54) is 0 Å². The minimum Gasteiger partial charge on any atom is -0.388 e. The Morgan fingerprint density at radius 1 is 1.36 bits per heavy atom. The van der Waals surface area contributed by atoms with Crippen LogP contribution in [0.15, 0.2) is 30.3 Å². The summed E-state index contributed by atoms with van der Waals surface area (Å²) in [5, 5.41) is 13.0. The zero-order chi connectivity index (χ0) is 15.9. The van der Waals surface area contributed by atoms with Crippen molar-refractivity contribution in [1.29, 1.82) is 0 Å². The molecule has 2 N–H and O–H groups in total. The van der Waals surface area contributed by atoms with Crippen LogP contribution in [0, 0.1) is 11.8 Å². The third-order valence-corrected chi connectivity index (χ3v) is 4.28. The van der Waals surface area contributed by atoms with Crippen LogP contribution in [-0.4, -0.2) is 30.3 Å². The summed E-state index contributed by atoms with van der Waals surface area (Å²) in [7, 11) is 0. The molecule has 0 saturated carbocycles. The van der Waals surface area contributed by atoms with Gasteiger partial charge in [-0.25, -0.2) is 0 Å². The lowest BCUT2D eigenvalue weighted by Gasteiger charge is -2.34. The fourth-order valence-electron chi connectivity index (χ4n) is 3.11. The average molecular weight is 305 g/mol. The maximum atomic E-state index is 12.0. The van der Waals surface area contributed by atoms with Crippen LogP contribution in [0.25, 0.3) is 0 Å². The fourth-order valence-corrected chi connectivity index (χ4v) is 3.11. The molecule has 0 aromatic heterocycles. The van der Waals surface area contributed by atoms with Crippen LogP contribution in [0.4, 0.5) is 0 Å². The highest BCUT2D eigenvalue weighted by Gasteiger charge is 2.28. The van der Waals surface area contributed by atoms with Crippen molar-refractivity contribution in [3.8, 4) is 0 Å². The summed E-state index contributed by atoms with van der Waals surface area (Å²) in [6, 6.07) is 9.29. The molecule has 1 aromatic carbocycles. The first kappa shape index (κ1) is 17.0. The van der Waals surface area contributed by atoms with Crippen molar-refractivity contribution in [2.75, 3.05) is 13.2 Å². The molecule has 122 valence electrons. The molecular weight excluding hydrogens is 278 g/mol. The Labute approximate surface area is 132 Å². The number of amides is 1. The first-order chi connectivity index (χ1) is 10.6. The third kappa shape index (κ3) is 4.82. The number of carbonyl (C=O) groups is 1. The average Bonchev–Trinajstić information content (AvgIpc) is 2.54. The maximum Gasteiger partial charge on any atom is 0.222 e. The molecule has 4 nitrogen and oxygen atoms in total. The Kier molecular flexibility index (Phi) is 6.40. The summed E-state index contributed by atoms with van der Waals surface area (Å²) < 4.78 is 5.83. The molecule has 1 aliphatic heterocycles. The topological polar surface area (TPSA) is 58.6 Å². The van der Waals surface area contributed by atoms with Crippen LogP contribution in [-0.2, 0) is 9.53 Å². The van der Waals surface area contributed by atoms with Crippen LogP contribution in [0.1, 0.15) is 44.8 Å². The van der Waals surface area contributed by atoms with Gasteiger partial charge in [-0.15, -0.1) is 0 Å². The minimum atomic E-state index is -0.746. The highest BCUT2D eigenvalue weighted by molar-refractivity contribution is 5.76. The van der Waals surface area contributed by atoms with Crippen molar-refractivity contribution in [3.63, 3.8) is 0 Å². The lowest BCUT2D eigenvalue weighted by molar-refractivity contribution is -0.124. The van der Waals surface area contributed by atoms with E-state index >= 15 is 0 Å². The van der Waals surface area contributed by atoms with Gasteiger partial charge in [-0.05, 0) is 24.3 Å². The number of ether oxygens (including phenoxy) is 1. The predicted molar refractivity (Wildman–Crippen MR) is 86.3 cm³/mol. The molecule has 2 rings (SSSR count). The number of nitrogens with one attached hydrogen (secondary N) is 1. The Balaban J connectivity index is 1.79. The van der Waals surface area contributed by atoms with E-state index in [9.17, 15) is 9.90 Å². The van der Waals surface area contributed by atoms with E-state index in [0.717, 1.165) is 25.0 Å². The summed E-state index contributed by atoms with van der Waals surface area (Å²) in [6.45, 7) is 5.76. The number of carbonyl (C=O) groups excluding carboxylic acids is 1. The zero-order valence-corrected chi connectivity index (χ0v) is 13.5. The van der Waals surface area contributed by atoms with Crippen molar-refractivity contribution in [3.05, 3.63) is 35.9 Å². The highest BCUT2D eigenvalue weighted by atomic mass is 16.5. The first-order valence-electron chi connectivity index (χ1n) is 8.19. The van der Waals surface area contributed by atoms with Gasteiger partial charge in [0.05, 0.1) is 18.6 Å². The van der Waals surface area contributed by atoms with Gasteiger partial charge in [-0.1, -0.05) is 44.2 Å². The molecule has 0 spiro atoms. The Morgan fingerprint density at radius 3 is 2.77 bits per heavy atom. The molecule has 22 heavy (non-hydrogen) atoms. The number of hydrogen-bond acceptors (Lipinski definition) is 3. The summed E-state index contributed by atoms with van der Waals surface area (Å²) in [5.74, 6) is 0.716. The molecule has 4 heteroatoms. The molecule has 1 heterocycles. The molecule has 0 bridgehead atoms. The molecule has 1 aliphatic rings. The number of hydrogen-bond donors (Lipinski definition) is 2. The van der Waals surface area contributed by atoms with E-state index in [0.29, 0.717) is 18.4 Å². The zero-order valence-electron chi connectivity index (χ0n) is 13.5. The van der Waals surface area contributed by atoms with E-state index in [-0.39, 0.29) is 18.4 Å². The third-order valence-electron chi connectivity index (χ3n) is 4.28. The second-order valence-corrected chi connectivity index (χ2v) is 6.42. The number of rotatable bonds is 6. The smallest absolute Gasteiger partial charge is 0.222 e. The molecule has 0 radical (unpaired) electrons. The molecule has 0 aliphatic carbocycles. The van der Waals surface area contributed by atoms with Gasteiger partial charge in [-0.3, -0.25) is 4.79 Å². The number of benzene rings is 1. The van der Waals surface area contributed by atoms with Crippen LogP contribution >= 0.6 is 0 Å². The summed E-state index contributed by atoms with van der Waals surface area (Å²) in [6.07, 6.45) is 1.71. The lowest BCUT2D eigenvalue weighted by Crippen LogP contribution is -2.41. The lowest BCUT2D eigenvalue weighted by atomic mass is 9.87. The van der Waals surface area contributed by atoms with Gasteiger partial charge in [0.25, 0.3) is 0 Å². The standard InChI is InChI=1S/C18H27NO3/c1-13(2)18-15(9-6-10-22-18)12-19-17(21)11-16(20)14-7-4-3-5-8-14/h3-5,7-8,13,15-16,18,20H,6,9-12H2,1-2H3,(H,19,21). The van der Waals surface area contributed by atoms with E-state index in [1.807, 2.05) is 30.3 Å². The first-order valence-corrected chi connectivity index (χ1v) is 8.19.